The third-order valence-electron chi connectivity index (χ3n) is 1.79. The second-order valence-corrected chi connectivity index (χ2v) is 4.90. The maximum Gasteiger partial charge on any atom is 0.153 e. The first kappa shape index (κ1) is 8.01. The van der Waals surface area contributed by atoms with Gasteiger partial charge in [-0.3, -0.25) is 0 Å². The molecule has 4 heteroatoms. The van der Waals surface area contributed by atoms with Crippen LogP contribution in [0.5, 0.6) is 0 Å². The van der Waals surface area contributed by atoms with E-state index in [0.717, 1.165) is 6.42 Å². The summed E-state index contributed by atoms with van der Waals surface area (Å²) in [6.07, 6.45) is 0.902. The molecule has 1 heterocycles. The second-order valence-electron chi connectivity index (χ2n) is 2.67. The molecule has 0 amide bonds. The lowest BCUT2D eigenvalue weighted by Crippen LogP contribution is -2.44. The normalized spacial score (nSPS) is 31.9. The minimum absolute atomic E-state index is 0.193. The Balaban J connectivity index is 2.56. The Labute approximate surface area is 61.7 Å². The zero-order valence-corrected chi connectivity index (χ0v) is 6.95. The van der Waals surface area contributed by atoms with Crippen LogP contribution in [0.3, 0.4) is 0 Å². The van der Waals surface area contributed by atoms with Crippen LogP contribution in [0.25, 0.3) is 0 Å². The highest BCUT2D eigenvalue weighted by molar-refractivity contribution is 7.91. The van der Waals surface area contributed by atoms with E-state index < -0.39 is 9.84 Å². The minimum atomic E-state index is -2.71. The molecule has 0 aromatic carbocycles. The van der Waals surface area contributed by atoms with Crippen LogP contribution in [0.4, 0.5) is 0 Å². The van der Waals surface area contributed by atoms with E-state index in [0.29, 0.717) is 18.1 Å². The minimum Gasteiger partial charge on any atom is -0.312 e. The van der Waals surface area contributed by atoms with Crippen LogP contribution in [0, 0.1) is 0 Å². The Kier molecular flexibility index (Phi) is 2.31. The lowest BCUT2D eigenvalue weighted by molar-refractivity contribution is 0.508. The van der Waals surface area contributed by atoms with Crippen molar-refractivity contribution in [1.82, 2.24) is 5.32 Å². The Morgan fingerprint density at radius 2 is 2.30 bits per heavy atom. The van der Waals surface area contributed by atoms with Gasteiger partial charge in [-0.15, -0.1) is 0 Å². The fourth-order valence-corrected chi connectivity index (χ4v) is 2.69. The number of nitrogens with one attached hydrogen (secondary N) is 1. The summed E-state index contributed by atoms with van der Waals surface area (Å²) in [5.74, 6) is 0.632. The molecule has 0 spiro atoms. The van der Waals surface area contributed by atoms with Crippen molar-refractivity contribution < 1.29 is 8.42 Å². The summed E-state index contributed by atoms with van der Waals surface area (Å²) in [5.41, 5.74) is 0. The molecule has 1 fully saturated rings. The molecule has 1 atom stereocenters. The molecule has 1 aliphatic heterocycles. The fourth-order valence-electron chi connectivity index (χ4n) is 1.13. The van der Waals surface area contributed by atoms with Gasteiger partial charge in [-0.05, 0) is 6.42 Å². The predicted molar refractivity (Wildman–Crippen MR) is 40.7 cm³/mol. The molecule has 1 N–H and O–H groups in total. The van der Waals surface area contributed by atoms with Gasteiger partial charge >= 0.3 is 0 Å². The summed E-state index contributed by atoms with van der Waals surface area (Å²) >= 11 is 0. The topological polar surface area (TPSA) is 46.2 Å². The SMILES string of the molecule is CC[C@H]1CS(=O)(=O)CCN1. The Morgan fingerprint density at radius 1 is 1.60 bits per heavy atom. The molecule has 3 nitrogen and oxygen atoms in total. The predicted octanol–water partition coefficient (Wildman–Crippen LogP) is -0.217. The lowest BCUT2D eigenvalue weighted by Gasteiger charge is -2.21. The van der Waals surface area contributed by atoms with Gasteiger partial charge < -0.3 is 5.32 Å². The second kappa shape index (κ2) is 2.88. The molecule has 10 heavy (non-hydrogen) atoms. The summed E-state index contributed by atoms with van der Waals surface area (Å²) in [6, 6.07) is 0.193. The smallest absolute Gasteiger partial charge is 0.153 e. The average Bonchev–Trinajstić information content (AvgIpc) is 1.86. The molecule has 1 saturated heterocycles. The first-order valence-electron chi connectivity index (χ1n) is 3.58. The van der Waals surface area contributed by atoms with Crippen LogP contribution < -0.4 is 5.32 Å². The van der Waals surface area contributed by atoms with Crippen LogP contribution in [-0.4, -0.2) is 32.5 Å². The lowest BCUT2D eigenvalue weighted by atomic mass is 10.2. The molecule has 0 radical (unpaired) electrons. The summed E-state index contributed by atoms with van der Waals surface area (Å²) in [4.78, 5) is 0. The van der Waals surface area contributed by atoms with Crippen molar-refractivity contribution in [2.45, 2.75) is 19.4 Å². The van der Waals surface area contributed by atoms with E-state index in [2.05, 4.69) is 5.32 Å². The quantitative estimate of drug-likeness (QED) is 0.581. The van der Waals surface area contributed by atoms with Crippen molar-refractivity contribution in [1.29, 1.82) is 0 Å². The third kappa shape index (κ3) is 1.95. The van der Waals surface area contributed by atoms with Gasteiger partial charge in [0.1, 0.15) is 0 Å². The molecule has 60 valence electrons. The number of sulfone groups is 1. The standard InChI is InChI=1S/C6H13NO2S/c1-2-6-5-10(8,9)4-3-7-6/h6-7H,2-5H2,1H3/t6-/m0/s1. The van der Waals surface area contributed by atoms with Crippen molar-refractivity contribution in [3.8, 4) is 0 Å². The maximum absolute atomic E-state index is 11.0. The first-order valence-corrected chi connectivity index (χ1v) is 5.40. The average molecular weight is 163 g/mol. The van der Waals surface area contributed by atoms with Gasteiger partial charge in [-0.25, -0.2) is 8.42 Å². The van der Waals surface area contributed by atoms with E-state index in [1.54, 1.807) is 0 Å². The maximum atomic E-state index is 11.0. The molecule has 0 aromatic rings. The Hall–Kier alpha value is -0.0900. The van der Waals surface area contributed by atoms with Gasteiger partial charge in [0.2, 0.25) is 0 Å². The zero-order valence-electron chi connectivity index (χ0n) is 6.13. The van der Waals surface area contributed by atoms with E-state index in [9.17, 15) is 8.42 Å². The highest BCUT2D eigenvalue weighted by Gasteiger charge is 2.22. The van der Waals surface area contributed by atoms with E-state index in [-0.39, 0.29) is 6.04 Å². The van der Waals surface area contributed by atoms with Crippen LogP contribution in [0.15, 0.2) is 0 Å². The largest absolute Gasteiger partial charge is 0.312 e. The zero-order chi connectivity index (χ0) is 7.61. The summed E-state index contributed by atoms with van der Waals surface area (Å²) in [7, 11) is -2.71. The highest BCUT2D eigenvalue weighted by atomic mass is 32.2. The van der Waals surface area contributed by atoms with Crippen LogP contribution in [0.2, 0.25) is 0 Å². The Bertz CT molecular complexity index is 198. The number of rotatable bonds is 1. The molecule has 0 aliphatic carbocycles. The van der Waals surface area contributed by atoms with E-state index in [4.69, 9.17) is 0 Å². The molecule has 1 rings (SSSR count). The van der Waals surface area contributed by atoms with E-state index >= 15 is 0 Å². The molecule has 0 unspecified atom stereocenters. The van der Waals surface area contributed by atoms with Crippen LogP contribution in [-0.2, 0) is 9.84 Å². The van der Waals surface area contributed by atoms with E-state index in [1.807, 2.05) is 6.92 Å². The molecular weight excluding hydrogens is 150 g/mol. The molecule has 0 aromatic heterocycles. The Morgan fingerprint density at radius 3 is 2.70 bits per heavy atom. The van der Waals surface area contributed by atoms with Crippen molar-refractivity contribution in [3.05, 3.63) is 0 Å². The molecule has 0 bridgehead atoms. The molecular formula is C6H13NO2S. The van der Waals surface area contributed by atoms with Gasteiger partial charge in [0.25, 0.3) is 0 Å². The third-order valence-corrected chi connectivity index (χ3v) is 3.53. The van der Waals surface area contributed by atoms with E-state index in [1.165, 1.54) is 0 Å². The number of hydrogen-bond donors (Lipinski definition) is 1. The van der Waals surface area contributed by atoms with Gasteiger partial charge in [0.15, 0.2) is 9.84 Å². The van der Waals surface area contributed by atoms with Crippen molar-refractivity contribution in [3.63, 3.8) is 0 Å². The number of hydrogen-bond acceptors (Lipinski definition) is 3. The van der Waals surface area contributed by atoms with Crippen LogP contribution >= 0.6 is 0 Å². The van der Waals surface area contributed by atoms with Gasteiger partial charge in [-0.1, -0.05) is 6.92 Å². The summed E-state index contributed by atoms with van der Waals surface area (Å²) in [5, 5.41) is 3.15. The molecule has 0 saturated carbocycles. The van der Waals surface area contributed by atoms with Crippen molar-refractivity contribution in [2.75, 3.05) is 18.1 Å². The van der Waals surface area contributed by atoms with Crippen LogP contribution in [0.1, 0.15) is 13.3 Å². The summed E-state index contributed by atoms with van der Waals surface area (Å²) < 4.78 is 22.0. The fraction of sp³-hybridized carbons (Fsp3) is 1.00. The first-order chi connectivity index (χ1) is 4.64. The monoisotopic (exact) mass is 163 g/mol. The van der Waals surface area contributed by atoms with Gasteiger partial charge in [-0.2, -0.15) is 0 Å². The van der Waals surface area contributed by atoms with Crippen molar-refractivity contribution >= 4 is 9.84 Å². The molecule has 1 aliphatic rings. The van der Waals surface area contributed by atoms with Crippen molar-refractivity contribution in [2.24, 2.45) is 0 Å². The van der Waals surface area contributed by atoms with Gasteiger partial charge in [0, 0.05) is 12.6 Å². The summed E-state index contributed by atoms with van der Waals surface area (Å²) in [6.45, 7) is 2.62. The van der Waals surface area contributed by atoms with Gasteiger partial charge in [0.05, 0.1) is 11.5 Å². The highest BCUT2D eigenvalue weighted by Crippen LogP contribution is 2.03.